The van der Waals surface area contributed by atoms with Crippen molar-refractivity contribution in [3.05, 3.63) is 56.2 Å². The van der Waals surface area contributed by atoms with E-state index in [-0.39, 0.29) is 5.91 Å². The number of halogens is 2. The third-order valence-corrected chi connectivity index (χ3v) is 3.91. The topological polar surface area (TPSA) is 42.0 Å². The van der Waals surface area contributed by atoms with Crippen LogP contribution in [0.15, 0.2) is 39.4 Å². The summed E-state index contributed by atoms with van der Waals surface area (Å²) in [5.74, 6) is -0.236. The molecular weight excluding hydrogens is 372 g/mol. The van der Waals surface area contributed by atoms with Crippen LogP contribution in [0.1, 0.15) is 21.6 Å². The minimum Gasteiger partial charge on any atom is -0.319 e. The Balaban J connectivity index is 2.32. The summed E-state index contributed by atoms with van der Waals surface area (Å²) >= 11 is 6.79. The summed E-state index contributed by atoms with van der Waals surface area (Å²) in [4.78, 5) is 16.3. The first kappa shape index (κ1) is 14.2. The van der Waals surface area contributed by atoms with E-state index in [1.807, 2.05) is 26.0 Å². The number of pyridine rings is 1. The molecule has 0 saturated carbocycles. The molecule has 19 heavy (non-hydrogen) atoms. The Morgan fingerprint density at radius 2 is 1.95 bits per heavy atom. The minimum atomic E-state index is -0.236. The summed E-state index contributed by atoms with van der Waals surface area (Å²) in [5.41, 5.74) is 3.29. The molecule has 0 aliphatic carbocycles. The molecule has 0 aliphatic rings. The zero-order valence-electron chi connectivity index (χ0n) is 10.5. The Morgan fingerprint density at radius 1 is 1.21 bits per heavy atom. The third-order valence-electron chi connectivity index (χ3n) is 2.64. The zero-order valence-corrected chi connectivity index (χ0v) is 13.7. The lowest BCUT2D eigenvalue weighted by atomic mass is 10.1. The minimum absolute atomic E-state index is 0.236. The van der Waals surface area contributed by atoms with Crippen LogP contribution in [0.4, 0.5) is 5.69 Å². The molecule has 3 nitrogen and oxygen atoms in total. The molecule has 0 spiro atoms. The SMILES string of the molecule is Cc1cc(C)c(NC(=O)c2ncccc2Br)c(Br)c1. The Kier molecular flexibility index (Phi) is 4.37. The van der Waals surface area contributed by atoms with Crippen molar-refractivity contribution in [2.24, 2.45) is 0 Å². The van der Waals surface area contributed by atoms with Gasteiger partial charge in [-0.15, -0.1) is 0 Å². The smallest absolute Gasteiger partial charge is 0.275 e. The van der Waals surface area contributed by atoms with Crippen LogP contribution in [-0.2, 0) is 0 Å². The number of anilines is 1. The van der Waals surface area contributed by atoms with Crippen LogP contribution in [0.2, 0.25) is 0 Å². The van der Waals surface area contributed by atoms with Gasteiger partial charge in [-0.25, -0.2) is 4.98 Å². The van der Waals surface area contributed by atoms with Gasteiger partial charge in [0.1, 0.15) is 5.69 Å². The number of nitrogens with one attached hydrogen (secondary N) is 1. The highest BCUT2D eigenvalue weighted by atomic mass is 79.9. The second kappa shape index (κ2) is 5.84. The van der Waals surface area contributed by atoms with Crippen molar-refractivity contribution in [2.45, 2.75) is 13.8 Å². The van der Waals surface area contributed by atoms with E-state index in [9.17, 15) is 4.79 Å². The average molecular weight is 384 g/mol. The number of carbonyl (C=O) groups excluding carboxylic acids is 1. The maximum Gasteiger partial charge on any atom is 0.275 e. The Labute approximate surface area is 128 Å². The van der Waals surface area contributed by atoms with Gasteiger partial charge < -0.3 is 5.32 Å². The summed E-state index contributed by atoms with van der Waals surface area (Å²) in [7, 11) is 0. The average Bonchev–Trinajstić information content (AvgIpc) is 2.34. The normalized spacial score (nSPS) is 10.3. The van der Waals surface area contributed by atoms with Gasteiger partial charge in [0.2, 0.25) is 0 Å². The fourth-order valence-electron chi connectivity index (χ4n) is 1.80. The summed E-state index contributed by atoms with van der Waals surface area (Å²) in [6, 6.07) is 7.55. The van der Waals surface area contributed by atoms with Crippen molar-refractivity contribution in [1.29, 1.82) is 0 Å². The molecule has 2 rings (SSSR count). The molecule has 0 atom stereocenters. The molecule has 0 unspecified atom stereocenters. The van der Waals surface area contributed by atoms with Crippen LogP contribution in [0, 0.1) is 13.8 Å². The molecule has 1 heterocycles. The summed E-state index contributed by atoms with van der Waals surface area (Å²) in [6.07, 6.45) is 1.59. The Bertz CT molecular complexity index is 618. The highest BCUT2D eigenvalue weighted by Crippen LogP contribution is 2.28. The maximum absolute atomic E-state index is 12.2. The molecule has 0 radical (unpaired) electrons. The highest BCUT2D eigenvalue weighted by Gasteiger charge is 2.14. The lowest BCUT2D eigenvalue weighted by molar-refractivity contribution is 0.102. The van der Waals surface area contributed by atoms with Gasteiger partial charge in [-0.05, 0) is 75.0 Å². The number of aromatic nitrogens is 1. The fraction of sp³-hybridized carbons (Fsp3) is 0.143. The largest absolute Gasteiger partial charge is 0.319 e. The van der Waals surface area contributed by atoms with Crippen LogP contribution in [0.5, 0.6) is 0 Å². The van der Waals surface area contributed by atoms with Gasteiger partial charge in [0, 0.05) is 15.1 Å². The van der Waals surface area contributed by atoms with E-state index >= 15 is 0 Å². The Morgan fingerprint density at radius 3 is 2.58 bits per heavy atom. The van der Waals surface area contributed by atoms with Crippen molar-refractivity contribution < 1.29 is 4.79 Å². The number of nitrogens with zero attached hydrogens (tertiary/aromatic N) is 1. The molecule has 1 N–H and O–H groups in total. The van der Waals surface area contributed by atoms with E-state index < -0.39 is 0 Å². The second-order valence-electron chi connectivity index (χ2n) is 4.23. The molecule has 5 heteroatoms. The second-order valence-corrected chi connectivity index (χ2v) is 5.94. The molecular formula is C14H12Br2N2O. The van der Waals surface area contributed by atoms with Crippen molar-refractivity contribution >= 4 is 43.5 Å². The van der Waals surface area contributed by atoms with Crippen molar-refractivity contribution in [1.82, 2.24) is 4.98 Å². The molecule has 98 valence electrons. The lowest BCUT2D eigenvalue weighted by Gasteiger charge is -2.12. The molecule has 0 aliphatic heterocycles. The van der Waals surface area contributed by atoms with E-state index in [0.717, 1.165) is 21.3 Å². The number of rotatable bonds is 2. The van der Waals surface area contributed by atoms with Crippen LogP contribution >= 0.6 is 31.9 Å². The highest BCUT2D eigenvalue weighted by molar-refractivity contribution is 9.11. The first-order chi connectivity index (χ1) is 8.99. The monoisotopic (exact) mass is 382 g/mol. The third kappa shape index (κ3) is 3.22. The Hall–Kier alpha value is -1.20. The van der Waals surface area contributed by atoms with Crippen LogP contribution in [-0.4, -0.2) is 10.9 Å². The molecule has 2 aromatic rings. The molecule has 0 fully saturated rings. The van der Waals surface area contributed by atoms with Gasteiger partial charge >= 0.3 is 0 Å². The van der Waals surface area contributed by atoms with E-state index in [0.29, 0.717) is 10.2 Å². The van der Waals surface area contributed by atoms with E-state index in [2.05, 4.69) is 42.2 Å². The molecule has 0 bridgehead atoms. The van der Waals surface area contributed by atoms with Crippen LogP contribution in [0.25, 0.3) is 0 Å². The van der Waals surface area contributed by atoms with Gasteiger partial charge in [-0.3, -0.25) is 4.79 Å². The number of hydrogen-bond donors (Lipinski definition) is 1. The number of aryl methyl sites for hydroxylation is 2. The van der Waals surface area contributed by atoms with Crippen molar-refractivity contribution in [2.75, 3.05) is 5.32 Å². The summed E-state index contributed by atoms with van der Waals surface area (Å²) in [5, 5.41) is 2.88. The maximum atomic E-state index is 12.2. The predicted octanol–water partition coefficient (Wildman–Crippen LogP) is 4.48. The van der Waals surface area contributed by atoms with Crippen molar-refractivity contribution in [3.63, 3.8) is 0 Å². The fourth-order valence-corrected chi connectivity index (χ4v) is 3.01. The van der Waals surface area contributed by atoms with Gasteiger partial charge in [0.25, 0.3) is 5.91 Å². The van der Waals surface area contributed by atoms with Crippen LogP contribution < -0.4 is 5.32 Å². The van der Waals surface area contributed by atoms with Gasteiger partial charge in [0.15, 0.2) is 0 Å². The molecule has 1 aromatic heterocycles. The quantitative estimate of drug-likeness (QED) is 0.830. The first-order valence-electron chi connectivity index (χ1n) is 5.67. The number of carbonyl (C=O) groups is 1. The molecule has 1 aromatic carbocycles. The van der Waals surface area contributed by atoms with Crippen molar-refractivity contribution in [3.8, 4) is 0 Å². The van der Waals surface area contributed by atoms with Gasteiger partial charge in [-0.1, -0.05) is 6.07 Å². The number of hydrogen-bond acceptors (Lipinski definition) is 2. The summed E-state index contributed by atoms with van der Waals surface area (Å²) < 4.78 is 1.54. The number of benzene rings is 1. The zero-order chi connectivity index (χ0) is 14.0. The number of amides is 1. The van der Waals surface area contributed by atoms with Gasteiger partial charge in [0.05, 0.1) is 5.69 Å². The standard InChI is InChI=1S/C14H12Br2N2O/c1-8-6-9(2)12(11(16)7-8)18-14(19)13-10(15)4-3-5-17-13/h3-7H,1-2H3,(H,18,19). The lowest BCUT2D eigenvalue weighted by Crippen LogP contribution is -2.15. The predicted molar refractivity (Wildman–Crippen MR) is 83.5 cm³/mol. The van der Waals surface area contributed by atoms with E-state index in [1.54, 1.807) is 18.3 Å². The van der Waals surface area contributed by atoms with Crippen LogP contribution in [0.3, 0.4) is 0 Å². The van der Waals surface area contributed by atoms with Gasteiger partial charge in [-0.2, -0.15) is 0 Å². The van der Waals surface area contributed by atoms with E-state index in [4.69, 9.17) is 0 Å². The van der Waals surface area contributed by atoms with E-state index in [1.165, 1.54) is 0 Å². The molecule has 1 amide bonds. The summed E-state index contributed by atoms with van der Waals surface area (Å²) in [6.45, 7) is 3.97. The first-order valence-corrected chi connectivity index (χ1v) is 7.26. The molecule has 0 saturated heterocycles.